The van der Waals surface area contributed by atoms with E-state index in [4.69, 9.17) is 4.74 Å². The van der Waals surface area contributed by atoms with Crippen LogP contribution in [0.3, 0.4) is 0 Å². The lowest BCUT2D eigenvalue weighted by molar-refractivity contribution is -0.126. The Hall–Kier alpha value is -2.03. The predicted octanol–water partition coefficient (Wildman–Crippen LogP) is 1.64. The highest BCUT2D eigenvalue weighted by Crippen LogP contribution is 2.24. The van der Waals surface area contributed by atoms with Gasteiger partial charge in [-0.3, -0.25) is 10.1 Å². The average Bonchev–Trinajstić information content (AvgIpc) is 3.22. The van der Waals surface area contributed by atoms with Crippen molar-refractivity contribution in [1.29, 1.82) is 0 Å². The fourth-order valence-corrected chi connectivity index (χ4v) is 3.20. The lowest BCUT2D eigenvalue weighted by atomic mass is 10.1. The maximum Gasteiger partial charge on any atom is 0.259 e. The lowest BCUT2D eigenvalue weighted by Crippen LogP contribution is -2.22. The first kappa shape index (κ1) is 15.9. The van der Waals surface area contributed by atoms with Crippen molar-refractivity contribution in [3.8, 4) is 0 Å². The zero-order valence-corrected chi connectivity index (χ0v) is 13.6. The second kappa shape index (κ2) is 7.49. The van der Waals surface area contributed by atoms with E-state index in [1.807, 2.05) is 30.3 Å². The van der Waals surface area contributed by atoms with E-state index in [0.717, 1.165) is 25.1 Å². The number of carbonyl (C=O) groups is 1. The number of nitrogens with zero attached hydrogens (tertiary/aromatic N) is 2. The molecule has 2 unspecified atom stereocenters. The minimum absolute atomic E-state index is 0.260. The zero-order chi connectivity index (χ0) is 16.1. The number of ether oxygens (including phenoxy) is 1. The van der Waals surface area contributed by atoms with Crippen LogP contribution in [0.5, 0.6) is 0 Å². The topological polar surface area (TPSA) is 88.2 Å². The van der Waals surface area contributed by atoms with Crippen LogP contribution in [0.25, 0.3) is 0 Å². The third-order valence-corrected chi connectivity index (χ3v) is 4.39. The number of benzene rings is 1. The Bertz CT molecular complexity index is 642. The van der Waals surface area contributed by atoms with Gasteiger partial charge in [0, 0.05) is 19.7 Å². The number of hydrogen-bond acceptors (Lipinski definition) is 7. The Labute approximate surface area is 138 Å². The first-order valence-electron chi connectivity index (χ1n) is 7.45. The van der Waals surface area contributed by atoms with Gasteiger partial charge in [-0.2, -0.15) is 0 Å². The monoisotopic (exact) mass is 333 g/mol. The molecule has 1 fully saturated rings. The van der Waals surface area contributed by atoms with Crippen LogP contribution >= 0.6 is 11.3 Å². The number of aromatic nitrogens is 2. The number of amides is 1. The Balaban J connectivity index is 1.61. The first-order valence-corrected chi connectivity index (χ1v) is 8.27. The second-order valence-electron chi connectivity index (χ2n) is 5.26. The maximum atomic E-state index is 12.4. The van der Waals surface area contributed by atoms with Gasteiger partial charge in [0.15, 0.2) is 6.10 Å². The Morgan fingerprint density at radius 3 is 2.83 bits per heavy atom. The molecule has 1 amide bonds. The maximum absolute atomic E-state index is 12.4. The number of anilines is 2. The smallest absolute Gasteiger partial charge is 0.259 e. The molecule has 1 aromatic heterocycles. The van der Waals surface area contributed by atoms with Crippen molar-refractivity contribution in [1.82, 2.24) is 15.5 Å². The van der Waals surface area contributed by atoms with E-state index in [1.165, 1.54) is 18.4 Å². The van der Waals surface area contributed by atoms with Gasteiger partial charge >= 0.3 is 0 Å². The lowest BCUT2D eigenvalue weighted by Gasteiger charge is -2.14. The van der Waals surface area contributed by atoms with Crippen LogP contribution in [0.2, 0.25) is 0 Å². The molecule has 1 aliphatic rings. The second-order valence-corrected chi connectivity index (χ2v) is 6.24. The fourth-order valence-electron chi connectivity index (χ4n) is 2.48. The molecule has 8 heteroatoms. The van der Waals surface area contributed by atoms with Gasteiger partial charge in [0.25, 0.3) is 5.91 Å². The van der Waals surface area contributed by atoms with Crippen LogP contribution in [-0.4, -0.2) is 42.3 Å². The molecule has 0 saturated carbocycles. The van der Waals surface area contributed by atoms with Crippen molar-refractivity contribution in [3.05, 3.63) is 35.9 Å². The van der Waals surface area contributed by atoms with Gasteiger partial charge < -0.3 is 15.4 Å². The molecule has 1 aliphatic heterocycles. The number of nitrogens with one attached hydrogen (secondary N) is 3. The average molecular weight is 333 g/mol. The predicted molar refractivity (Wildman–Crippen MR) is 89.6 cm³/mol. The number of methoxy groups -OCH3 is 1. The minimum Gasteiger partial charge on any atom is -0.367 e. The molecule has 2 aromatic rings. The van der Waals surface area contributed by atoms with E-state index in [-0.39, 0.29) is 5.91 Å². The van der Waals surface area contributed by atoms with Crippen molar-refractivity contribution in [2.24, 2.45) is 0 Å². The molecule has 2 heterocycles. The highest BCUT2D eigenvalue weighted by Gasteiger charge is 2.22. The van der Waals surface area contributed by atoms with Crippen molar-refractivity contribution >= 4 is 27.5 Å². The molecule has 0 spiro atoms. The molecule has 7 nitrogen and oxygen atoms in total. The van der Waals surface area contributed by atoms with Crippen LogP contribution in [0.4, 0.5) is 10.3 Å². The molecule has 3 rings (SSSR count). The molecular weight excluding hydrogens is 314 g/mol. The third kappa shape index (κ3) is 4.04. The third-order valence-electron chi connectivity index (χ3n) is 3.62. The number of hydrogen-bond donors (Lipinski definition) is 3. The molecule has 3 N–H and O–H groups in total. The molecule has 0 radical (unpaired) electrons. The number of rotatable bonds is 6. The van der Waals surface area contributed by atoms with E-state index >= 15 is 0 Å². The van der Waals surface area contributed by atoms with Gasteiger partial charge in [-0.25, -0.2) is 0 Å². The number of carbonyl (C=O) groups excluding carboxylic acids is 1. The van der Waals surface area contributed by atoms with E-state index in [9.17, 15) is 4.79 Å². The molecule has 2 atom stereocenters. The van der Waals surface area contributed by atoms with E-state index in [1.54, 1.807) is 0 Å². The van der Waals surface area contributed by atoms with Gasteiger partial charge in [0.05, 0.1) is 0 Å². The summed E-state index contributed by atoms with van der Waals surface area (Å²) >= 11 is 1.32. The minimum atomic E-state index is -0.671. The summed E-state index contributed by atoms with van der Waals surface area (Å²) < 4.78 is 5.31. The Kier molecular flexibility index (Phi) is 5.16. The van der Waals surface area contributed by atoms with E-state index < -0.39 is 6.10 Å². The molecule has 23 heavy (non-hydrogen) atoms. The van der Waals surface area contributed by atoms with Crippen LogP contribution in [0.15, 0.2) is 30.3 Å². The molecule has 1 aromatic carbocycles. The quantitative estimate of drug-likeness (QED) is 0.745. The highest BCUT2D eigenvalue weighted by molar-refractivity contribution is 7.19. The fraction of sp³-hybridized carbons (Fsp3) is 0.400. The summed E-state index contributed by atoms with van der Waals surface area (Å²) in [4.78, 5) is 12.4. The molecule has 122 valence electrons. The van der Waals surface area contributed by atoms with E-state index in [2.05, 4.69) is 26.1 Å². The standard InChI is InChI=1S/C15H19N5O2S/c1-22-12(10-5-3-2-4-6-10)13(21)18-15-20-19-14(23-15)17-11-7-8-16-9-11/h2-6,11-12,16H,7-9H2,1H3,(H,17,19)(H,18,20,21). The summed E-state index contributed by atoms with van der Waals surface area (Å²) in [5, 5.41) is 18.6. The van der Waals surface area contributed by atoms with Gasteiger partial charge in [0.2, 0.25) is 10.3 Å². The SMILES string of the molecule is COC(C(=O)Nc1nnc(NC2CCNC2)s1)c1ccccc1. The first-order chi connectivity index (χ1) is 11.3. The largest absolute Gasteiger partial charge is 0.367 e. The van der Waals surface area contributed by atoms with Crippen molar-refractivity contribution < 1.29 is 9.53 Å². The van der Waals surface area contributed by atoms with Crippen molar-refractivity contribution in [2.75, 3.05) is 30.8 Å². The molecule has 1 saturated heterocycles. The van der Waals surface area contributed by atoms with E-state index in [0.29, 0.717) is 16.3 Å². The molecule has 0 aliphatic carbocycles. The summed E-state index contributed by atoms with van der Waals surface area (Å²) in [7, 11) is 1.51. The normalized spacial score (nSPS) is 18.6. The molecular formula is C15H19N5O2S. The van der Waals surface area contributed by atoms with Crippen LogP contribution in [0.1, 0.15) is 18.1 Å². The molecule has 0 bridgehead atoms. The summed E-state index contributed by atoms with van der Waals surface area (Å²) in [5.41, 5.74) is 0.799. The highest BCUT2D eigenvalue weighted by atomic mass is 32.1. The Morgan fingerprint density at radius 2 is 2.13 bits per heavy atom. The summed E-state index contributed by atoms with van der Waals surface area (Å²) in [6, 6.07) is 9.72. The van der Waals surface area contributed by atoms with Crippen LogP contribution < -0.4 is 16.0 Å². The summed E-state index contributed by atoms with van der Waals surface area (Å²) in [5.74, 6) is -0.260. The van der Waals surface area contributed by atoms with Crippen LogP contribution in [0, 0.1) is 0 Å². The zero-order valence-electron chi connectivity index (χ0n) is 12.8. The van der Waals surface area contributed by atoms with Crippen molar-refractivity contribution in [3.63, 3.8) is 0 Å². The van der Waals surface area contributed by atoms with Crippen molar-refractivity contribution in [2.45, 2.75) is 18.6 Å². The van der Waals surface area contributed by atoms with Crippen LogP contribution in [-0.2, 0) is 9.53 Å². The summed E-state index contributed by atoms with van der Waals surface area (Å²) in [6.07, 6.45) is 0.386. The van der Waals surface area contributed by atoms with Gasteiger partial charge in [-0.15, -0.1) is 10.2 Å². The van der Waals surface area contributed by atoms with Gasteiger partial charge in [-0.1, -0.05) is 41.7 Å². The Morgan fingerprint density at radius 1 is 1.35 bits per heavy atom. The van der Waals surface area contributed by atoms with Gasteiger partial charge in [-0.05, 0) is 18.5 Å². The summed E-state index contributed by atoms with van der Waals surface area (Å²) in [6.45, 7) is 1.92. The van der Waals surface area contributed by atoms with Gasteiger partial charge in [0.1, 0.15) is 0 Å².